The van der Waals surface area contributed by atoms with Crippen LogP contribution in [0.4, 0.5) is 0 Å². The van der Waals surface area contributed by atoms with Crippen LogP contribution in [0, 0.1) is 0 Å². The fraction of sp³-hybridized carbons (Fsp3) is 0.111. The number of rotatable bonds is 2. The lowest BCUT2D eigenvalue weighted by Crippen LogP contribution is -2.13. The Kier molecular flexibility index (Phi) is 1.83. The lowest BCUT2D eigenvalue weighted by atomic mass is 10.1. The summed E-state index contributed by atoms with van der Waals surface area (Å²) in [6, 6.07) is 5.44. The van der Waals surface area contributed by atoms with Gasteiger partial charge in [-0.05, 0) is 6.07 Å². The first-order valence-electron chi connectivity index (χ1n) is 3.98. The number of hydrogen-bond acceptors (Lipinski definition) is 3. The number of carbonyl (C=O) groups excluding carboxylic acids is 1. The van der Waals surface area contributed by atoms with Gasteiger partial charge >= 0.3 is 0 Å². The number of aromatic amines is 1. The summed E-state index contributed by atoms with van der Waals surface area (Å²) in [5.41, 5.74) is 6.78. The first kappa shape index (κ1) is 7.94. The van der Waals surface area contributed by atoms with Gasteiger partial charge < -0.3 is 5.73 Å². The van der Waals surface area contributed by atoms with Gasteiger partial charge in [-0.3, -0.25) is 9.89 Å². The highest BCUT2D eigenvalue weighted by molar-refractivity contribution is 6.08. The van der Waals surface area contributed by atoms with Crippen molar-refractivity contribution in [3.63, 3.8) is 0 Å². The summed E-state index contributed by atoms with van der Waals surface area (Å²) >= 11 is 0. The molecule has 3 N–H and O–H groups in total. The van der Waals surface area contributed by atoms with E-state index in [-0.39, 0.29) is 12.3 Å². The summed E-state index contributed by atoms with van der Waals surface area (Å²) in [4.78, 5) is 11.4. The van der Waals surface area contributed by atoms with Gasteiger partial charge in [-0.15, -0.1) is 0 Å². The zero-order valence-electron chi connectivity index (χ0n) is 6.95. The average molecular weight is 175 g/mol. The molecule has 0 aliphatic carbocycles. The molecule has 4 nitrogen and oxygen atoms in total. The van der Waals surface area contributed by atoms with Crippen LogP contribution in [0.2, 0.25) is 0 Å². The molecule has 0 spiro atoms. The van der Waals surface area contributed by atoms with Crippen molar-refractivity contribution >= 4 is 16.7 Å². The van der Waals surface area contributed by atoms with Crippen molar-refractivity contribution in [1.82, 2.24) is 10.2 Å². The topological polar surface area (TPSA) is 71.8 Å². The Labute approximate surface area is 74.7 Å². The van der Waals surface area contributed by atoms with Crippen LogP contribution in [-0.4, -0.2) is 22.5 Å². The molecule has 0 atom stereocenters. The largest absolute Gasteiger partial charge is 0.324 e. The number of nitrogens with zero attached hydrogens (tertiary/aromatic N) is 1. The van der Waals surface area contributed by atoms with E-state index in [2.05, 4.69) is 10.2 Å². The Morgan fingerprint density at radius 3 is 3.15 bits per heavy atom. The third-order valence-electron chi connectivity index (χ3n) is 1.97. The number of H-pyrrole nitrogens is 1. The van der Waals surface area contributed by atoms with Crippen molar-refractivity contribution in [3.8, 4) is 0 Å². The van der Waals surface area contributed by atoms with Gasteiger partial charge in [0.15, 0.2) is 5.78 Å². The maximum atomic E-state index is 11.4. The van der Waals surface area contributed by atoms with Gasteiger partial charge in [0.1, 0.15) is 0 Å². The number of carbonyl (C=O) groups is 1. The molecule has 1 aromatic carbocycles. The van der Waals surface area contributed by atoms with Gasteiger partial charge in [-0.1, -0.05) is 12.1 Å². The second-order valence-corrected chi connectivity index (χ2v) is 2.76. The van der Waals surface area contributed by atoms with Crippen LogP contribution in [-0.2, 0) is 0 Å². The SMILES string of the molecule is NCC(=O)c1cccc2[nH]ncc12. The van der Waals surface area contributed by atoms with Crippen LogP contribution < -0.4 is 5.73 Å². The normalized spacial score (nSPS) is 10.5. The quantitative estimate of drug-likeness (QED) is 0.660. The summed E-state index contributed by atoms with van der Waals surface area (Å²) in [7, 11) is 0. The molecule has 4 heteroatoms. The number of hydrogen-bond donors (Lipinski definition) is 2. The molecular formula is C9H9N3O. The van der Waals surface area contributed by atoms with Crippen LogP contribution in [0.5, 0.6) is 0 Å². The molecule has 13 heavy (non-hydrogen) atoms. The monoisotopic (exact) mass is 175 g/mol. The highest BCUT2D eigenvalue weighted by atomic mass is 16.1. The van der Waals surface area contributed by atoms with Crippen molar-refractivity contribution < 1.29 is 4.79 Å². The number of nitrogens with one attached hydrogen (secondary N) is 1. The molecule has 0 saturated carbocycles. The van der Waals surface area contributed by atoms with Crippen molar-refractivity contribution in [2.75, 3.05) is 6.54 Å². The summed E-state index contributed by atoms with van der Waals surface area (Å²) < 4.78 is 0. The van der Waals surface area contributed by atoms with E-state index in [9.17, 15) is 4.79 Å². The van der Waals surface area contributed by atoms with E-state index < -0.39 is 0 Å². The van der Waals surface area contributed by atoms with E-state index >= 15 is 0 Å². The molecule has 1 heterocycles. The molecule has 2 aromatic rings. The van der Waals surface area contributed by atoms with Gasteiger partial charge in [0.25, 0.3) is 0 Å². The van der Waals surface area contributed by atoms with E-state index in [0.717, 1.165) is 10.9 Å². The minimum Gasteiger partial charge on any atom is -0.324 e. The Morgan fingerprint density at radius 1 is 1.54 bits per heavy atom. The predicted molar refractivity (Wildman–Crippen MR) is 49.5 cm³/mol. The number of aromatic nitrogens is 2. The second kappa shape index (κ2) is 2.99. The molecule has 0 unspecified atom stereocenters. The van der Waals surface area contributed by atoms with Crippen LogP contribution in [0.25, 0.3) is 10.9 Å². The Hall–Kier alpha value is -1.68. The predicted octanol–water partition coefficient (Wildman–Crippen LogP) is 0.704. The van der Waals surface area contributed by atoms with E-state index in [1.54, 1.807) is 12.3 Å². The van der Waals surface area contributed by atoms with E-state index in [0.29, 0.717) is 5.56 Å². The van der Waals surface area contributed by atoms with Crippen molar-refractivity contribution in [2.24, 2.45) is 5.73 Å². The molecule has 0 fully saturated rings. The summed E-state index contributed by atoms with van der Waals surface area (Å²) in [6.07, 6.45) is 1.64. The second-order valence-electron chi connectivity index (χ2n) is 2.76. The minimum atomic E-state index is -0.0630. The summed E-state index contributed by atoms with van der Waals surface area (Å²) in [5, 5.41) is 7.49. The maximum absolute atomic E-state index is 11.4. The Balaban J connectivity index is 2.67. The molecule has 0 aliphatic rings. The van der Waals surface area contributed by atoms with Crippen LogP contribution >= 0.6 is 0 Å². The van der Waals surface area contributed by atoms with Gasteiger partial charge in [-0.2, -0.15) is 5.10 Å². The average Bonchev–Trinajstić information content (AvgIpc) is 2.63. The Bertz CT molecular complexity index is 447. The molecular weight excluding hydrogens is 166 g/mol. The highest BCUT2D eigenvalue weighted by Gasteiger charge is 2.08. The lowest BCUT2D eigenvalue weighted by molar-refractivity contribution is 0.100. The zero-order chi connectivity index (χ0) is 9.26. The lowest BCUT2D eigenvalue weighted by Gasteiger charge is -1.98. The van der Waals surface area contributed by atoms with Gasteiger partial charge in [0.2, 0.25) is 0 Å². The smallest absolute Gasteiger partial charge is 0.177 e. The van der Waals surface area contributed by atoms with Gasteiger partial charge in [-0.25, -0.2) is 0 Å². The van der Waals surface area contributed by atoms with Gasteiger partial charge in [0, 0.05) is 10.9 Å². The van der Waals surface area contributed by atoms with E-state index in [1.807, 2.05) is 12.1 Å². The van der Waals surface area contributed by atoms with E-state index in [4.69, 9.17) is 5.73 Å². The number of ketones is 1. The van der Waals surface area contributed by atoms with Crippen molar-refractivity contribution in [3.05, 3.63) is 30.0 Å². The molecule has 0 bridgehead atoms. The fourth-order valence-electron chi connectivity index (χ4n) is 1.32. The maximum Gasteiger partial charge on any atom is 0.177 e. The van der Waals surface area contributed by atoms with Crippen LogP contribution in [0.1, 0.15) is 10.4 Å². The number of fused-ring (bicyclic) bond motifs is 1. The summed E-state index contributed by atoms with van der Waals surface area (Å²) in [5.74, 6) is -0.0630. The number of nitrogens with two attached hydrogens (primary N) is 1. The van der Waals surface area contributed by atoms with Gasteiger partial charge in [0.05, 0.1) is 18.3 Å². The molecule has 66 valence electrons. The standard InChI is InChI=1S/C9H9N3O/c10-4-9(13)6-2-1-3-8-7(6)5-11-12-8/h1-3,5H,4,10H2,(H,11,12). The van der Waals surface area contributed by atoms with Crippen molar-refractivity contribution in [2.45, 2.75) is 0 Å². The first-order chi connectivity index (χ1) is 6.33. The molecule has 1 aromatic heterocycles. The molecule has 0 saturated heterocycles. The van der Waals surface area contributed by atoms with Crippen molar-refractivity contribution in [1.29, 1.82) is 0 Å². The molecule has 0 radical (unpaired) electrons. The molecule has 2 rings (SSSR count). The number of benzene rings is 1. The molecule has 0 aliphatic heterocycles. The van der Waals surface area contributed by atoms with E-state index in [1.165, 1.54) is 0 Å². The number of Topliss-reactive ketones (excluding diaryl/α,β-unsaturated/α-hetero) is 1. The fourth-order valence-corrected chi connectivity index (χ4v) is 1.32. The molecule has 0 amide bonds. The summed E-state index contributed by atoms with van der Waals surface area (Å²) in [6.45, 7) is 0.0320. The third kappa shape index (κ3) is 1.21. The minimum absolute atomic E-state index is 0.0320. The van der Waals surface area contributed by atoms with Crippen LogP contribution in [0.15, 0.2) is 24.4 Å². The zero-order valence-corrected chi connectivity index (χ0v) is 6.95. The first-order valence-corrected chi connectivity index (χ1v) is 3.98. The Morgan fingerprint density at radius 2 is 2.38 bits per heavy atom. The highest BCUT2D eigenvalue weighted by Crippen LogP contribution is 2.15. The van der Waals surface area contributed by atoms with Crippen LogP contribution in [0.3, 0.4) is 0 Å². The third-order valence-corrected chi connectivity index (χ3v) is 1.97.